The number of hydrogen-bond donors (Lipinski definition) is 1. The van der Waals surface area contributed by atoms with E-state index in [0.29, 0.717) is 5.82 Å². The molecule has 2 aromatic carbocycles. The first-order valence-corrected chi connectivity index (χ1v) is 7.15. The average Bonchev–Trinajstić information content (AvgIpc) is 2.62. The van der Waals surface area contributed by atoms with E-state index in [0.717, 1.165) is 16.3 Å². The molecule has 0 amide bonds. The summed E-state index contributed by atoms with van der Waals surface area (Å²) in [5, 5.41) is 24.5. The minimum absolute atomic E-state index is 0.0667. The van der Waals surface area contributed by atoms with Crippen LogP contribution in [0.15, 0.2) is 65.9 Å². The first-order chi connectivity index (χ1) is 11.7. The minimum atomic E-state index is -0.426. The molecule has 0 saturated carbocycles. The third-order valence-electron chi connectivity index (χ3n) is 3.29. The van der Waals surface area contributed by atoms with Crippen LogP contribution >= 0.6 is 0 Å². The second-order valence-corrected chi connectivity index (χ2v) is 4.88. The Morgan fingerprint density at radius 2 is 1.92 bits per heavy atom. The molecule has 118 valence electrons. The van der Waals surface area contributed by atoms with Gasteiger partial charge in [0.1, 0.15) is 0 Å². The van der Waals surface area contributed by atoms with Gasteiger partial charge in [-0.3, -0.25) is 15.5 Å². The Morgan fingerprint density at radius 3 is 2.71 bits per heavy atom. The largest absolute Gasteiger partial charge is 0.269 e. The van der Waals surface area contributed by atoms with Crippen molar-refractivity contribution >= 4 is 34.6 Å². The molecule has 0 atom stereocenters. The zero-order valence-corrected chi connectivity index (χ0v) is 12.5. The molecule has 0 aliphatic heterocycles. The number of nitrogens with one attached hydrogen (secondary N) is 1. The Bertz CT molecular complexity index is 914. The summed E-state index contributed by atoms with van der Waals surface area (Å²) in [6, 6.07) is 14.0. The zero-order valence-electron chi connectivity index (χ0n) is 12.5. The average molecular weight is 319 g/mol. The summed E-state index contributed by atoms with van der Waals surface area (Å²) in [4.78, 5) is 10.2. The smallest absolute Gasteiger partial charge is 0.259 e. The van der Waals surface area contributed by atoms with Crippen LogP contribution in [0.1, 0.15) is 5.56 Å². The molecular weight excluding hydrogens is 306 g/mol. The van der Waals surface area contributed by atoms with E-state index >= 15 is 0 Å². The van der Waals surface area contributed by atoms with Crippen molar-refractivity contribution in [1.82, 2.24) is 10.2 Å². The SMILES string of the molecule is O=[N+]([O-])c1ccc(/C=C/C=N/Nc2nncc3ccccc23)cc1. The van der Waals surface area contributed by atoms with E-state index in [-0.39, 0.29) is 5.69 Å². The van der Waals surface area contributed by atoms with E-state index in [4.69, 9.17) is 0 Å². The first kappa shape index (κ1) is 15.3. The fourth-order valence-corrected chi connectivity index (χ4v) is 2.11. The highest BCUT2D eigenvalue weighted by atomic mass is 16.6. The summed E-state index contributed by atoms with van der Waals surface area (Å²) in [5.74, 6) is 0.577. The highest BCUT2D eigenvalue weighted by Crippen LogP contribution is 2.18. The van der Waals surface area contributed by atoms with Crippen molar-refractivity contribution in [3.05, 3.63) is 76.5 Å². The lowest BCUT2D eigenvalue weighted by Gasteiger charge is -2.02. The van der Waals surface area contributed by atoms with Gasteiger partial charge in [0.15, 0.2) is 5.82 Å². The van der Waals surface area contributed by atoms with Crippen molar-refractivity contribution in [3.63, 3.8) is 0 Å². The summed E-state index contributed by atoms with van der Waals surface area (Å²) >= 11 is 0. The number of hydrogen-bond acceptors (Lipinski definition) is 6. The summed E-state index contributed by atoms with van der Waals surface area (Å²) in [7, 11) is 0. The molecule has 0 saturated heterocycles. The van der Waals surface area contributed by atoms with Gasteiger partial charge in [-0.15, -0.1) is 5.10 Å². The Labute approximate surface area is 137 Å². The molecule has 24 heavy (non-hydrogen) atoms. The monoisotopic (exact) mass is 319 g/mol. The number of anilines is 1. The van der Waals surface area contributed by atoms with Crippen LogP contribution < -0.4 is 5.43 Å². The van der Waals surface area contributed by atoms with E-state index in [1.165, 1.54) is 12.1 Å². The number of fused-ring (bicyclic) bond motifs is 1. The zero-order chi connectivity index (χ0) is 16.8. The standard InChI is InChI=1S/C17H13N5O2/c23-22(24)15-9-7-13(8-10-15)4-3-11-18-20-17-16-6-2-1-5-14(16)12-19-21-17/h1-12H,(H,20,21)/b4-3+,18-11+. The Hall–Kier alpha value is -3.61. The maximum Gasteiger partial charge on any atom is 0.269 e. The fraction of sp³-hybridized carbons (Fsp3) is 0. The Balaban J connectivity index is 1.65. The Morgan fingerprint density at radius 1 is 1.12 bits per heavy atom. The van der Waals surface area contributed by atoms with Crippen LogP contribution in [-0.4, -0.2) is 21.3 Å². The second-order valence-electron chi connectivity index (χ2n) is 4.88. The number of nitro groups is 1. The number of rotatable bonds is 5. The molecule has 0 fully saturated rings. The summed E-state index contributed by atoms with van der Waals surface area (Å²) < 4.78 is 0. The lowest BCUT2D eigenvalue weighted by Crippen LogP contribution is -1.95. The van der Waals surface area contributed by atoms with Crippen LogP contribution in [0.2, 0.25) is 0 Å². The molecule has 0 unspecified atom stereocenters. The van der Waals surface area contributed by atoms with Gasteiger partial charge in [-0.05, 0) is 23.8 Å². The quantitative estimate of drug-likeness (QED) is 0.440. The number of benzene rings is 2. The van der Waals surface area contributed by atoms with Crippen molar-refractivity contribution in [3.8, 4) is 0 Å². The van der Waals surface area contributed by atoms with E-state index in [1.54, 1.807) is 36.7 Å². The summed E-state index contributed by atoms with van der Waals surface area (Å²) in [6.45, 7) is 0. The summed E-state index contributed by atoms with van der Waals surface area (Å²) in [6.07, 6.45) is 6.79. The van der Waals surface area contributed by atoms with E-state index in [1.807, 2.05) is 24.3 Å². The van der Waals surface area contributed by atoms with E-state index in [9.17, 15) is 10.1 Å². The molecule has 0 aliphatic rings. The van der Waals surface area contributed by atoms with Crippen molar-refractivity contribution < 1.29 is 4.92 Å². The van der Waals surface area contributed by atoms with Crippen molar-refractivity contribution in [2.45, 2.75) is 0 Å². The van der Waals surface area contributed by atoms with Gasteiger partial charge in [-0.1, -0.05) is 30.3 Å². The Kier molecular flexibility index (Phi) is 4.52. The molecule has 1 aromatic heterocycles. The van der Waals surface area contributed by atoms with Crippen LogP contribution in [0.5, 0.6) is 0 Å². The minimum Gasteiger partial charge on any atom is -0.259 e. The molecule has 1 heterocycles. The van der Waals surface area contributed by atoms with Gasteiger partial charge in [0.05, 0.1) is 11.1 Å². The fourth-order valence-electron chi connectivity index (χ4n) is 2.11. The van der Waals surface area contributed by atoms with Gasteiger partial charge in [0.2, 0.25) is 0 Å². The molecule has 3 aromatic rings. The van der Waals surface area contributed by atoms with Gasteiger partial charge in [0, 0.05) is 29.1 Å². The third kappa shape index (κ3) is 3.58. The number of allylic oxidation sites excluding steroid dienone is 1. The molecule has 1 N–H and O–H groups in total. The number of hydrazone groups is 1. The van der Waals surface area contributed by atoms with Gasteiger partial charge in [-0.2, -0.15) is 10.2 Å². The maximum atomic E-state index is 10.6. The van der Waals surface area contributed by atoms with Gasteiger partial charge < -0.3 is 0 Å². The summed E-state index contributed by atoms with van der Waals surface area (Å²) in [5.41, 5.74) is 3.76. The molecule has 0 aliphatic carbocycles. The lowest BCUT2D eigenvalue weighted by atomic mass is 10.2. The molecule has 0 radical (unpaired) electrons. The maximum absolute atomic E-state index is 10.6. The lowest BCUT2D eigenvalue weighted by molar-refractivity contribution is -0.384. The molecule has 0 spiro atoms. The van der Waals surface area contributed by atoms with Crippen LogP contribution in [0.4, 0.5) is 11.5 Å². The predicted molar refractivity (Wildman–Crippen MR) is 93.8 cm³/mol. The third-order valence-corrected chi connectivity index (χ3v) is 3.29. The van der Waals surface area contributed by atoms with E-state index < -0.39 is 4.92 Å². The molecule has 7 heteroatoms. The number of aromatic nitrogens is 2. The number of non-ortho nitro benzene ring substituents is 1. The highest BCUT2D eigenvalue weighted by Gasteiger charge is 2.02. The van der Waals surface area contributed by atoms with Crippen LogP contribution in [-0.2, 0) is 0 Å². The van der Waals surface area contributed by atoms with Crippen LogP contribution in [0, 0.1) is 10.1 Å². The van der Waals surface area contributed by atoms with Crippen molar-refractivity contribution in [1.29, 1.82) is 0 Å². The van der Waals surface area contributed by atoms with E-state index in [2.05, 4.69) is 20.7 Å². The number of nitro benzene ring substituents is 1. The molecule has 0 bridgehead atoms. The van der Waals surface area contributed by atoms with Crippen molar-refractivity contribution in [2.24, 2.45) is 5.10 Å². The topological polar surface area (TPSA) is 93.3 Å². The van der Waals surface area contributed by atoms with Gasteiger partial charge in [-0.25, -0.2) is 0 Å². The second kappa shape index (κ2) is 7.10. The molecule has 7 nitrogen and oxygen atoms in total. The van der Waals surface area contributed by atoms with Crippen LogP contribution in [0.25, 0.3) is 16.8 Å². The van der Waals surface area contributed by atoms with Crippen molar-refractivity contribution in [2.75, 3.05) is 5.43 Å². The van der Waals surface area contributed by atoms with Gasteiger partial charge in [0.25, 0.3) is 5.69 Å². The highest BCUT2D eigenvalue weighted by molar-refractivity contribution is 5.91. The van der Waals surface area contributed by atoms with Crippen LogP contribution in [0.3, 0.4) is 0 Å². The van der Waals surface area contributed by atoms with Gasteiger partial charge >= 0.3 is 0 Å². The molecular formula is C17H13N5O2. The first-order valence-electron chi connectivity index (χ1n) is 7.15. The number of nitrogens with zero attached hydrogens (tertiary/aromatic N) is 4. The molecule has 3 rings (SSSR count). The predicted octanol–water partition coefficient (Wildman–Crippen LogP) is 3.65. The normalized spacial score (nSPS) is 11.3.